The third-order valence-electron chi connectivity index (χ3n) is 12.2. The maximum atomic E-state index is 14.0. The molecule has 2 amide bonds. The molecule has 1 aromatic heterocycles. The largest absolute Gasteiger partial charge is 0.494 e. The summed E-state index contributed by atoms with van der Waals surface area (Å²) in [6, 6.07) is 8.73. The van der Waals surface area contributed by atoms with Crippen molar-refractivity contribution in [3.8, 4) is 5.75 Å². The summed E-state index contributed by atoms with van der Waals surface area (Å²) in [7, 11) is 1.56. The minimum absolute atomic E-state index is 0.0548. The van der Waals surface area contributed by atoms with Gasteiger partial charge < -0.3 is 36.0 Å². The molecule has 15 heteroatoms. The average molecular weight is 761 g/mol. The first-order valence-corrected chi connectivity index (χ1v) is 19.0. The van der Waals surface area contributed by atoms with Crippen LogP contribution in [-0.2, 0) is 15.8 Å². The van der Waals surface area contributed by atoms with Gasteiger partial charge in [-0.2, -0.15) is 18.2 Å². The van der Waals surface area contributed by atoms with Gasteiger partial charge >= 0.3 is 6.18 Å². The number of fused-ring (bicyclic) bond motifs is 1. The van der Waals surface area contributed by atoms with Crippen molar-refractivity contribution in [2.75, 3.05) is 60.3 Å². The zero-order valence-electron chi connectivity index (χ0n) is 31.0. The molecule has 4 aliphatic carbocycles. The van der Waals surface area contributed by atoms with Crippen LogP contribution in [0.2, 0.25) is 0 Å². The lowest BCUT2D eigenvalue weighted by Crippen LogP contribution is -2.52. The van der Waals surface area contributed by atoms with E-state index in [1.165, 1.54) is 61.8 Å². The first-order valence-electron chi connectivity index (χ1n) is 19.0. The van der Waals surface area contributed by atoms with Crippen molar-refractivity contribution in [3.63, 3.8) is 0 Å². The topological polar surface area (TPSA) is 149 Å². The molecule has 292 valence electrons. The summed E-state index contributed by atoms with van der Waals surface area (Å²) in [6.45, 7) is 4.06. The standard InChI is InChI=1S/C40H47F3N8O4/c1-23-9-35(53)51(30-14-27(40(41,42)43)13-28(15-30)46-34(52)21-44)37-31(23)22-45-38(48-37)47-32-4-3-29(16-33(32)55-2)49-5-7-50(8-6-49)36(54)20-39-17-24-10-25(18-39)12-26(11-24)19-39/h3-4,9,13-16,22,24-26,35,53H,5-8,10-12,17-21,44H2,1-2H3,(H,46,52)(H,45,47,48). The van der Waals surface area contributed by atoms with Gasteiger partial charge in [0.2, 0.25) is 17.8 Å². The highest BCUT2D eigenvalue weighted by Gasteiger charge is 2.52. The molecule has 1 atom stereocenters. The van der Waals surface area contributed by atoms with Crippen LogP contribution in [0.3, 0.4) is 0 Å². The molecule has 0 spiro atoms. The van der Waals surface area contributed by atoms with Gasteiger partial charge in [0.1, 0.15) is 11.6 Å². The number of nitrogens with two attached hydrogens (primary N) is 1. The Morgan fingerprint density at radius 2 is 1.69 bits per heavy atom. The van der Waals surface area contributed by atoms with E-state index in [9.17, 15) is 27.9 Å². The summed E-state index contributed by atoms with van der Waals surface area (Å²) in [4.78, 5) is 40.2. The van der Waals surface area contributed by atoms with Crippen molar-refractivity contribution in [2.24, 2.45) is 28.9 Å². The molecular formula is C40H47F3N8O4. The maximum Gasteiger partial charge on any atom is 0.416 e. The Morgan fingerprint density at radius 3 is 2.33 bits per heavy atom. The quantitative estimate of drug-likeness (QED) is 0.197. The molecule has 6 aliphatic rings. The second kappa shape index (κ2) is 14.3. The number of benzene rings is 2. The Hall–Kier alpha value is -4.89. The molecule has 5 fully saturated rings. The van der Waals surface area contributed by atoms with Crippen LogP contribution in [0.4, 0.5) is 47.7 Å². The molecule has 2 aromatic carbocycles. The molecule has 9 rings (SSSR count). The third-order valence-corrected chi connectivity index (χ3v) is 12.2. The first-order chi connectivity index (χ1) is 26.3. The van der Waals surface area contributed by atoms with Gasteiger partial charge in [0.15, 0.2) is 6.23 Å². The smallest absolute Gasteiger partial charge is 0.416 e. The van der Waals surface area contributed by atoms with Crippen molar-refractivity contribution in [1.82, 2.24) is 14.9 Å². The van der Waals surface area contributed by atoms with Crippen molar-refractivity contribution in [3.05, 3.63) is 59.8 Å². The highest BCUT2D eigenvalue weighted by atomic mass is 19.4. The zero-order chi connectivity index (χ0) is 38.6. The molecule has 12 nitrogen and oxygen atoms in total. The monoisotopic (exact) mass is 760 g/mol. The van der Waals surface area contributed by atoms with Crippen LogP contribution in [0.25, 0.3) is 5.57 Å². The summed E-state index contributed by atoms with van der Waals surface area (Å²) < 4.78 is 47.7. The van der Waals surface area contributed by atoms with E-state index in [0.717, 1.165) is 35.6 Å². The van der Waals surface area contributed by atoms with Crippen LogP contribution >= 0.6 is 0 Å². The normalized spacial score (nSPS) is 25.7. The van der Waals surface area contributed by atoms with Gasteiger partial charge in [-0.1, -0.05) is 0 Å². The van der Waals surface area contributed by atoms with Gasteiger partial charge in [-0.05, 0) is 111 Å². The van der Waals surface area contributed by atoms with Gasteiger partial charge in [0, 0.05) is 67.5 Å². The Labute approximate surface area is 317 Å². The number of hydrogen-bond donors (Lipinski definition) is 4. The number of carbonyl (C=O) groups excluding carboxylic acids is 2. The lowest BCUT2D eigenvalue weighted by molar-refractivity contribution is -0.140. The maximum absolute atomic E-state index is 14.0. The molecule has 1 saturated heterocycles. The molecular weight excluding hydrogens is 713 g/mol. The van der Waals surface area contributed by atoms with Gasteiger partial charge in [0.25, 0.3) is 0 Å². The minimum atomic E-state index is -4.74. The Morgan fingerprint density at radius 1 is 1.00 bits per heavy atom. The third kappa shape index (κ3) is 7.43. The number of halogens is 3. The second-order valence-corrected chi connectivity index (χ2v) is 16.1. The lowest BCUT2D eigenvalue weighted by atomic mass is 9.49. The predicted octanol–water partition coefficient (Wildman–Crippen LogP) is 6.27. The van der Waals surface area contributed by atoms with Gasteiger partial charge in [0.05, 0.1) is 24.9 Å². The number of aliphatic hydroxyl groups excluding tert-OH is 1. The van der Waals surface area contributed by atoms with Crippen LogP contribution in [0, 0.1) is 23.2 Å². The van der Waals surface area contributed by atoms with Crippen LogP contribution < -0.4 is 30.9 Å². The SMILES string of the molecule is COc1cc(N2CCN(C(=O)CC34CC5CC(CC(C5)C3)C4)CC2)ccc1Nc1ncc2c(n1)N(c1cc(NC(=O)CN)cc(C(F)(F)F)c1)C(O)C=C2C. The van der Waals surface area contributed by atoms with E-state index in [2.05, 4.69) is 25.5 Å². The predicted molar refractivity (Wildman–Crippen MR) is 203 cm³/mol. The summed E-state index contributed by atoms with van der Waals surface area (Å²) >= 11 is 0. The Balaban J connectivity index is 0.979. The van der Waals surface area contributed by atoms with Crippen LogP contribution in [0.5, 0.6) is 5.75 Å². The number of piperazine rings is 1. The van der Waals surface area contributed by atoms with Crippen molar-refractivity contribution < 1.29 is 32.6 Å². The molecule has 55 heavy (non-hydrogen) atoms. The highest BCUT2D eigenvalue weighted by Crippen LogP contribution is 2.61. The fraction of sp³-hybridized carbons (Fsp3) is 0.500. The summed E-state index contributed by atoms with van der Waals surface area (Å²) in [5, 5.41) is 16.7. The number of anilines is 6. The van der Waals surface area contributed by atoms with E-state index in [4.69, 9.17) is 10.5 Å². The number of rotatable bonds is 9. The molecule has 4 saturated carbocycles. The molecule has 5 N–H and O–H groups in total. The Kier molecular flexibility index (Phi) is 9.64. The molecule has 4 bridgehead atoms. The summed E-state index contributed by atoms with van der Waals surface area (Å²) in [5.41, 5.74) is 7.02. The number of aromatic nitrogens is 2. The van der Waals surface area contributed by atoms with E-state index in [-0.39, 0.29) is 28.6 Å². The number of alkyl halides is 3. The van der Waals surface area contributed by atoms with Crippen molar-refractivity contribution in [1.29, 1.82) is 0 Å². The number of methoxy groups -OCH3 is 1. The fourth-order valence-corrected chi connectivity index (χ4v) is 10.1. The molecule has 3 aromatic rings. The number of carbonyl (C=O) groups is 2. The highest BCUT2D eigenvalue weighted by molar-refractivity contribution is 5.93. The molecule has 0 radical (unpaired) electrons. The number of ether oxygens (including phenoxy) is 1. The number of allylic oxidation sites excluding steroid dienone is 1. The number of nitrogens with zero attached hydrogens (tertiary/aromatic N) is 5. The lowest BCUT2D eigenvalue weighted by Gasteiger charge is -2.57. The van der Waals surface area contributed by atoms with Crippen LogP contribution in [-0.4, -0.2) is 77.9 Å². The molecule has 3 heterocycles. The first kappa shape index (κ1) is 37.1. The summed E-state index contributed by atoms with van der Waals surface area (Å²) in [5.74, 6) is 2.89. The van der Waals surface area contributed by atoms with Crippen LogP contribution in [0.1, 0.15) is 63.0 Å². The van der Waals surface area contributed by atoms with Gasteiger partial charge in [-0.25, -0.2) is 4.98 Å². The zero-order valence-corrected chi connectivity index (χ0v) is 31.0. The second-order valence-electron chi connectivity index (χ2n) is 16.1. The number of amides is 2. The van der Waals surface area contributed by atoms with E-state index in [1.54, 1.807) is 14.0 Å². The van der Waals surface area contributed by atoms with Gasteiger partial charge in [-0.15, -0.1) is 0 Å². The number of hydrogen-bond acceptors (Lipinski definition) is 10. The van der Waals surface area contributed by atoms with Gasteiger partial charge in [-0.3, -0.25) is 14.5 Å². The van der Waals surface area contributed by atoms with E-state index >= 15 is 0 Å². The van der Waals surface area contributed by atoms with E-state index < -0.39 is 30.4 Å². The van der Waals surface area contributed by atoms with Crippen molar-refractivity contribution in [2.45, 2.75) is 64.3 Å². The summed E-state index contributed by atoms with van der Waals surface area (Å²) in [6.07, 6.45) is 5.38. The molecule has 1 unspecified atom stereocenters. The number of nitrogens with one attached hydrogen (secondary N) is 2. The van der Waals surface area contributed by atoms with E-state index in [0.29, 0.717) is 61.1 Å². The fourth-order valence-electron chi connectivity index (χ4n) is 10.1. The van der Waals surface area contributed by atoms with E-state index in [1.807, 2.05) is 23.1 Å². The molecule has 2 aliphatic heterocycles. The van der Waals surface area contributed by atoms with Crippen molar-refractivity contribution >= 4 is 51.9 Å². The van der Waals surface area contributed by atoms with Crippen LogP contribution in [0.15, 0.2) is 48.7 Å². The minimum Gasteiger partial charge on any atom is -0.494 e. The number of aliphatic hydroxyl groups is 1. The average Bonchev–Trinajstić information content (AvgIpc) is 3.13. The Bertz CT molecular complexity index is 1980.